The highest BCUT2D eigenvalue weighted by molar-refractivity contribution is 9.10. The largest absolute Gasteiger partial charge is 0.493 e. The van der Waals surface area contributed by atoms with Gasteiger partial charge in [0.05, 0.1) is 7.11 Å². The van der Waals surface area contributed by atoms with Gasteiger partial charge in [-0.3, -0.25) is 0 Å². The van der Waals surface area contributed by atoms with Crippen LogP contribution in [0.1, 0.15) is 11.1 Å². The van der Waals surface area contributed by atoms with E-state index in [-0.39, 0.29) is 23.1 Å². The van der Waals surface area contributed by atoms with Crippen molar-refractivity contribution in [3.8, 4) is 11.5 Å². The first-order chi connectivity index (χ1) is 12.5. The Labute approximate surface area is 156 Å². The summed E-state index contributed by atoms with van der Waals surface area (Å²) >= 11 is 3.33. The quantitative estimate of drug-likeness (QED) is 0.528. The minimum Gasteiger partial charge on any atom is -0.493 e. The smallest absolute Gasteiger partial charge is 0.387 e. The second kappa shape index (κ2) is 7.65. The molecule has 0 bridgehead atoms. The molecule has 0 unspecified atom stereocenters. The van der Waals surface area contributed by atoms with Gasteiger partial charge in [-0.15, -0.1) is 0 Å². The van der Waals surface area contributed by atoms with Crippen LogP contribution in [-0.2, 0) is 9.53 Å². The van der Waals surface area contributed by atoms with Crippen LogP contribution in [0, 0.1) is 0 Å². The Balaban J connectivity index is 1.89. The fourth-order valence-electron chi connectivity index (χ4n) is 2.25. The summed E-state index contributed by atoms with van der Waals surface area (Å²) in [6.07, 6.45) is 1.48. The lowest BCUT2D eigenvalue weighted by atomic mass is 10.1. The molecule has 8 heteroatoms. The third kappa shape index (κ3) is 4.08. The van der Waals surface area contributed by atoms with E-state index in [1.807, 2.05) is 0 Å². The van der Waals surface area contributed by atoms with Gasteiger partial charge in [-0.1, -0.05) is 22.0 Å². The first kappa shape index (κ1) is 18.1. The van der Waals surface area contributed by atoms with E-state index in [1.54, 1.807) is 24.3 Å². The molecule has 2 aromatic rings. The molecule has 0 aromatic heterocycles. The summed E-state index contributed by atoms with van der Waals surface area (Å²) < 4.78 is 40.2. The van der Waals surface area contributed by atoms with Crippen molar-refractivity contribution in [1.82, 2.24) is 0 Å². The molecular formula is C18H12BrF2NO4. The summed E-state index contributed by atoms with van der Waals surface area (Å²) in [6.45, 7) is -2.96. The molecule has 0 amide bonds. The maximum atomic E-state index is 12.4. The molecule has 26 heavy (non-hydrogen) atoms. The number of cyclic esters (lactones) is 1. The molecule has 0 fully saturated rings. The lowest BCUT2D eigenvalue weighted by Crippen LogP contribution is -2.05. The Bertz CT molecular complexity index is 895. The molecule has 1 heterocycles. The number of methoxy groups -OCH3 is 1. The number of benzene rings is 2. The first-order valence-electron chi connectivity index (χ1n) is 7.37. The van der Waals surface area contributed by atoms with Crippen molar-refractivity contribution in [1.29, 1.82) is 0 Å². The van der Waals surface area contributed by atoms with Gasteiger partial charge in [0.2, 0.25) is 5.90 Å². The van der Waals surface area contributed by atoms with E-state index in [4.69, 9.17) is 9.47 Å². The molecule has 0 N–H and O–H groups in total. The number of hydrogen-bond donors (Lipinski definition) is 0. The number of ether oxygens (including phenoxy) is 3. The summed E-state index contributed by atoms with van der Waals surface area (Å²) in [7, 11) is 1.33. The van der Waals surface area contributed by atoms with Gasteiger partial charge in [0.25, 0.3) is 0 Å². The Morgan fingerprint density at radius 3 is 2.54 bits per heavy atom. The van der Waals surface area contributed by atoms with Gasteiger partial charge in [-0.05, 0) is 48.0 Å². The minimum atomic E-state index is -2.96. The number of rotatable bonds is 5. The zero-order valence-corrected chi connectivity index (χ0v) is 15.0. The Kier molecular flexibility index (Phi) is 5.32. The summed E-state index contributed by atoms with van der Waals surface area (Å²) in [4.78, 5) is 16.2. The second-order valence-corrected chi connectivity index (χ2v) is 6.05. The van der Waals surface area contributed by atoms with Gasteiger partial charge >= 0.3 is 12.6 Å². The lowest BCUT2D eigenvalue weighted by molar-refractivity contribution is -0.129. The highest BCUT2D eigenvalue weighted by atomic mass is 79.9. The van der Waals surface area contributed by atoms with Crippen molar-refractivity contribution in [3.05, 3.63) is 63.8 Å². The highest BCUT2D eigenvalue weighted by Crippen LogP contribution is 2.31. The van der Waals surface area contributed by atoms with Crippen LogP contribution in [0.5, 0.6) is 11.5 Å². The number of carbonyl (C=O) groups is 1. The Morgan fingerprint density at radius 1 is 1.15 bits per heavy atom. The van der Waals surface area contributed by atoms with E-state index >= 15 is 0 Å². The third-order valence-corrected chi connectivity index (χ3v) is 3.95. The normalized spacial score (nSPS) is 15.2. The number of halogens is 3. The molecular weight excluding hydrogens is 412 g/mol. The molecule has 134 valence electrons. The fraction of sp³-hybridized carbons (Fsp3) is 0.111. The van der Waals surface area contributed by atoms with E-state index in [0.717, 1.165) is 4.47 Å². The third-order valence-electron chi connectivity index (χ3n) is 3.42. The van der Waals surface area contributed by atoms with Crippen LogP contribution in [0.4, 0.5) is 8.78 Å². The van der Waals surface area contributed by atoms with E-state index in [1.165, 1.54) is 31.4 Å². The average molecular weight is 424 g/mol. The van der Waals surface area contributed by atoms with E-state index in [2.05, 4.69) is 25.7 Å². The first-order valence-corrected chi connectivity index (χ1v) is 8.17. The van der Waals surface area contributed by atoms with E-state index < -0.39 is 12.6 Å². The van der Waals surface area contributed by atoms with E-state index in [0.29, 0.717) is 11.1 Å². The van der Waals surface area contributed by atoms with Crippen LogP contribution < -0.4 is 9.47 Å². The second-order valence-electron chi connectivity index (χ2n) is 5.13. The minimum absolute atomic E-state index is 0.0903. The van der Waals surface area contributed by atoms with Crippen molar-refractivity contribution >= 4 is 33.9 Å². The van der Waals surface area contributed by atoms with Crippen molar-refractivity contribution in [2.45, 2.75) is 6.61 Å². The number of esters is 1. The molecule has 3 rings (SSSR count). The molecule has 2 aromatic carbocycles. The van der Waals surface area contributed by atoms with Crippen molar-refractivity contribution in [3.63, 3.8) is 0 Å². The molecule has 1 aliphatic rings. The zero-order chi connectivity index (χ0) is 18.7. The standard InChI is InChI=1S/C18H12BrF2NO4/c1-24-15-9-10(2-7-14(15)25-18(20)21)8-13-17(23)26-16(22-13)11-3-5-12(19)6-4-11/h2-9,18H,1H3/b13-8+. The Morgan fingerprint density at radius 2 is 1.88 bits per heavy atom. The zero-order valence-electron chi connectivity index (χ0n) is 13.4. The van der Waals surface area contributed by atoms with Crippen LogP contribution in [0.15, 0.2) is 57.6 Å². The maximum Gasteiger partial charge on any atom is 0.387 e. The number of carbonyl (C=O) groups excluding carboxylic acids is 1. The van der Waals surface area contributed by atoms with Gasteiger partial charge in [0.1, 0.15) is 0 Å². The predicted octanol–water partition coefficient (Wildman–Crippen LogP) is 4.40. The molecule has 5 nitrogen and oxygen atoms in total. The van der Waals surface area contributed by atoms with Gasteiger partial charge in [-0.2, -0.15) is 8.78 Å². The van der Waals surface area contributed by atoms with Gasteiger partial charge in [0, 0.05) is 10.0 Å². The number of aliphatic imine (C=N–C) groups is 1. The number of hydrogen-bond acceptors (Lipinski definition) is 5. The van der Waals surface area contributed by atoms with Crippen molar-refractivity contribution in [2.75, 3.05) is 7.11 Å². The van der Waals surface area contributed by atoms with Crippen LogP contribution in [-0.4, -0.2) is 25.6 Å². The van der Waals surface area contributed by atoms with Crippen LogP contribution in [0.2, 0.25) is 0 Å². The molecule has 0 atom stereocenters. The monoisotopic (exact) mass is 423 g/mol. The average Bonchev–Trinajstić information content (AvgIpc) is 2.97. The molecule has 0 saturated carbocycles. The van der Waals surface area contributed by atoms with E-state index in [9.17, 15) is 13.6 Å². The number of alkyl halides is 2. The molecule has 0 spiro atoms. The van der Waals surface area contributed by atoms with Gasteiger partial charge in [-0.25, -0.2) is 9.79 Å². The summed E-state index contributed by atoms with van der Waals surface area (Å²) in [5.41, 5.74) is 1.27. The van der Waals surface area contributed by atoms with Crippen LogP contribution in [0.3, 0.4) is 0 Å². The van der Waals surface area contributed by atoms with Gasteiger partial charge in [0.15, 0.2) is 17.2 Å². The predicted molar refractivity (Wildman–Crippen MR) is 94.4 cm³/mol. The SMILES string of the molecule is COc1cc(/C=C2/N=C(c3ccc(Br)cc3)OC2=O)ccc1OC(F)F. The summed E-state index contributed by atoms with van der Waals surface area (Å²) in [5.74, 6) is -0.394. The summed E-state index contributed by atoms with van der Waals surface area (Å²) in [5, 5.41) is 0. The van der Waals surface area contributed by atoms with Gasteiger partial charge < -0.3 is 14.2 Å². The highest BCUT2D eigenvalue weighted by Gasteiger charge is 2.24. The maximum absolute atomic E-state index is 12.4. The topological polar surface area (TPSA) is 57.1 Å². The van der Waals surface area contributed by atoms with Crippen molar-refractivity contribution < 1.29 is 27.8 Å². The summed E-state index contributed by atoms with van der Waals surface area (Å²) in [6, 6.07) is 11.4. The lowest BCUT2D eigenvalue weighted by Gasteiger charge is -2.10. The Hall–Kier alpha value is -2.74. The van der Waals surface area contributed by atoms with Crippen molar-refractivity contribution in [2.24, 2.45) is 4.99 Å². The number of nitrogens with zero attached hydrogens (tertiary/aromatic N) is 1. The molecule has 1 aliphatic heterocycles. The molecule has 0 saturated heterocycles. The van der Waals surface area contributed by atoms with Crippen LogP contribution >= 0.6 is 15.9 Å². The van der Waals surface area contributed by atoms with Crippen LogP contribution in [0.25, 0.3) is 6.08 Å². The molecule has 0 radical (unpaired) electrons. The molecule has 0 aliphatic carbocycles. The fourth-order valence-corrected chi connectivity index (χ4v) is 2.51.